The van der Waals surface area contributed by atoms with Gasteiger partial charge in [-0.25, -0.2) is 19.4 Å². The molecule has 1 aliphatic carbocycles. The lowest BCUT2D eigenvalue weighted by atomic mass is 10.2. The van der Waals surface area contributed by atoms with E-state index in [1.54, 1.807) is 4.68 Å². The van der Waals surface area contributed by atoms with E-state index in [1.807, 2.05) is 42.3 Å². The van der Waals surface area contributed by atoms with Crippen molar-refractivity contribution in [3.63, 3.8) is 0 Å². The fourth-order valence-corrected chi connectivity index (χ4v) is 4.07. The van der Waals surface area contributed by atoms with E-state index in [2.05, 4.69) is 15.3 Å². The molecule has 2 fully saturated rings. The van der Waals surface area contributed by atoms with Crippen LogP contribution in [0.3, 0.4) is 0 Å². The van der Waals surface area contributed by atoms with E-state index in [0.717, 1.165) is 54.3 Å². The number of halogens is 1. The van der Waals surface area contributed by atoms with Crippen LogP contribution in [0.5, 0.6) is 0 Å². The molecule has 1 aliphatic heterocycles. The zero-order valence-corrected chi connectivity index (χ0v) is 17.6. The van der Waals surface area contributed by atoms with Crippen molar-refractivity contribution in [1.29, 1.82) is 0 Å². The van der Waals surface area contributed by atoms with Gasteiger partial charge in [-0.2, -0.15) is 5.10 Å². The Morgan fingerprint density at radius 3 is 2.63 bits per heavy atom. The monoisotopic (exact) mass is 425 g/mol. The molecule has 0 spiro atoms. The number of anilines is 1. The number of fused-ring (bicyclic) bond motifs is 1. The van der Waals surface area contributed by atoms with Crippen molar-refractivity contribution in [1.82, 2.24) is 30.0 Å². The van der Waals surface area contributed by atoms with E-state index in [0.29, 0.717) is 30.6 Å². The molecule has 30 heavy (non-hydrogen) atoms. The number of rotatable bonds is 4. The standard InChI is InChI=1S/C21H24ClN7O/c1-2-23-21(30)28-11-9-27(10-12-28)19-15-13-24-29(17-6-4-3-5-16(17)22)20(15)26-18(25-19)14-7-8-14/h3-6,13-14H,2,7-12H2,1H3,(H,23,30). The number of carbonyl (C=O) groups excluding carboxylic acids is 1. The molecule has 3 aromatic rings. The van der Waals surface area contributed by atoms with E-state index < -0.39 is 0 Å². The predicted octanol–water partition coefficient (Wildman–Crippen LogP) is 3.20. The highest BCUT2D eigenvalue weighted by Crippen LogP contribution is 2.40. The molecule has 1 N–H and O–H groups in total. The third-order valence-electron chi connectivity index (χ3n) is 5.64. The molecule has 2 aliphatic rings. The Morgan fingerprint density at radius 1 is 1.17 bits per heavy atom. The summed E-state index contributed by atoms with van der Waals surface area (Å²) in [7, 11) is 0. The lowest BCUT2D eigenvalue weighted by molar-refractivity contribution is 0.195. The first-order valence-corrected chi connectivity index (χ1v) is 10.8. The highest BCUT2D eigenvalue weighted by Gasteiger charge is 2.31. The molecule has 2 amide bonds. The van der Waals surface area contributed by atoms with Crippen molar-refractivity contribution in [3.05, 3.63) is 41.3 Å². The molecule has 2 aromatic heterocycles. The average molecular weight is 426 g/mol. The summed E-state index contributed by atoms with van der Waals surface area (Å²) >= 11 is 6.43. The second kappa shape index (κ2) is 7.75. The van der Waals surface area contributed by atoms with Crippen LogP contribution in [0.1, 0.15) is 31.5 Å². The van der Waals surface area contributed by atoms with Crippen molar-refractivity contribution in [3.8, 4) is 5.69 Å². The summed E-state index contributed by atoms with van der Waals surface area (Å²) in [5.74, 6) is 2.19. The van der Waals surface area contributed by atoms with Gasteiger partial charge in [0.25, 0.3) is 0 Å². The summed E-state index contributed by atoms with van der Waals surface area (Å²) < 4.78 is 1.81. The number of amides is 2. The Bertz CT molecular complexity index is 1090. The number of nitrogens with one attached hydrogen (secondary N) is 1. The number of aromatic nitrogens is 4. The van der Waals surface area contributed by atoms with Crippen LogP contribution in [-0.2, 0) is 0 Å². The Balaban J connectivity index is 1.51. The van der Waals surface area contributed by atoms with Crippen LogP contribution >= 0.6 is 11.6 Å². The SMILES string of the molecule is CCNC(=O)N1CCN(c2nc(C3CC3)nc3c2cnn3-c2ccccc2Cl)CC1. The molecular formula is C21H24ClN7O. The maximum Gasteiger partial charge on any atom is 0.317 e. The Hall–Kier alpha value is -2.87. The zero-order chi connectivity index (χ0) is 20.7. The van der Waals surface area contributed by atoms with Gasteiger partial charge < -0.3 is 15.1 Å². The number of nitrogens with zero attached hydrogens (tertiary/aromatic N) is 6. The Labute approximate surface area is 179 Å². The van der Waals surface area contributed by atoms with Gasteiger partial charge in [-0.3, -0.25) is 0 Å². The van der Waals surface area contributed by atoms with Crippen LogP contribution in [0.4, 0.5) is 10.6 Å². The van der Waals surface area contributed by atoms with E-state index in [-0.39, 0.29) is 6.03 Å². The van der Waals surface area contributed by atoms with Crippen molar-refractivity contribution in [2.45, 2.75) is 25.7 Å². The predicted molar refractivity (Wildman–Crippen MR) is 117 cm³/mol. The third kappa shape index (κ3) is 3.45. The average Bonchev–Trinajstić information content (AvgIpc) is 3.54. The molecule has 3 heterocycles. The van der Waals surface area contributed by atoms with Crippen LogP contribution in [0, 0.1) is 0 Å². The summed E-state index contributed by atoms with van der Waals surface area (Å²) in [6, 6.07) is 7.64. The number of carbonyl (C=O) groups is 1. The minimum Gasteiger partial charge on any atom is -0.352 e. The molecule has 9 heteroatoms. The second-order valence-corrected chi connectivity index (χ2v) is 8.14. The van der Waals surface area contributed by atoms with Crippen molar-refractivity contribution in [2.75, 3.05) is 37.6 Å². The number of urea groups is 1. The first-order chi connectivity index (χ1) is 14.7. The highest BCUT2D eigenvalue weighted by molar-refractivity contribution is 6.32. The van der Waals surface area contributed by atoms with Gasteiger partial charge in [0.2, 0.25) is 0 Å². The molecule has 5 rings (SSSR count). The fraction of sp³-hybridized carbons (Fsp3) is 0.429. The topological polar surface area (TPSA) is 79.2 Å². The molecular weight excluding hydrogens is 402 g/mol. The second-order valence-electron chi connectivity index (χ2n) is 7.73. The van der Waals surface area contributed by atoms with Crippen molar-refractivity contribution >= 4 is 34.5 Å². The molecule has 0 atom stereocenters. The first kappa shape index (κ1) is 19.1. The smallest absolute Gasteiger partial charge is 0.317 e. The molecule has 1 saturated carbocycles. The molecule has 1 saturated heterocycles. The summed E-state index contributed by atoms with van der Waals surface area (Å²) in [6.45, 7) is 5.35. The number of piperazine rings is 1. The van der Waals surface area contributed by atoms with Gasteiger partial charge in [-0.15, -0.1) is 0 Å². The fourth-order valence-electron chi connectivity index (χ4n) is 3.86. The summed E-state index contributed by atoms with van der Waals surface area (Å²) in [6.07, 6.45) is 4.06. The lowest BCUT2D eigenvalue weighted by Crippen LogP contribution is -2.52. The van der Waals surface area contributed by atoms with Crippen LogP contribution < -0.4 is 10.2 Å². The summed E-state index contributed by atoms with van der Waals surface area (Å²) in [5, 5.41) is 9.01. The number of hydrogen-bond donors (Lipinski definition) is 1. The largest absolute Gasteiger partial charge is 0.352 e. The van der Waals surface area contributed by atoms with E-state index >= 15 is 0 Å². The van der Waals surface area contributed by atoms with Gasteiger partial charge in [0.1, 0.15) is 11.6 Å². The van der Waals surface area contributed by atoms with Gasteiger partial charge in [-0.1, -0.05) is 23.7 Å². The number of para-hydroxylation sites is 1. The summed E-state index contributed by atoms with van der Waals surface area (Å²) in [4.78, 5) is 26.0. The minimum atomic E-state index is -0.00445. The van der Waals surface area contributed by atoms with E-state index in [4.69, 9.17) is 21.6 Å². The molecule has 1 aromatic carbocycles. The van der Waals surface area contributed by atoms with Gasteiger partial charge in [-0.05, 0) is 31.9 Å². The number of hydrogen-bond acceptors (Lipinski definition) is 5. The van der Waals surface area contributed by atoms with Crippen LogP contribution in [0.15, 0.2) is 30.5 Å². The number of benzene rings is 1. The lowest BCUT2D eigenvalue weighted by Gasteiger charge is -2.35. The third-order valence-corrected chi connectivity index (χ3v) is 5.96. The van der Waals surface area contributed by atoms with E-state index in [1.165, 1.54) is 0 Å². The van der Waals surface area contributed by atoms with Crippen molar-refractivity contribution < 1.29 is 4.79 Å². The zero-order valence-electron chi connectivity index (χ0n) is 16.9. The van der Waals surface area contributed by atoms with Crippen LogP contribution in [0.2, 0.25) is 5.02 Å². The highest BCUT2D eigenvalue weighted by atomic mass is 35.5. The quantitative estimate of drug-likeness (QED) is 0.694. The van der Waals surface area contributed by atoms with Gasteiger partial charge in [0.05, 0.1) is 22.3 Å². The van der Waals surface area contributed by atoms with Gasteiger partial charge in [0, 0.05) is 38.6 Å². The molecule has 0 radical (unpaired) electrons. The molecule has 8 nitrogen and oxygen atoms in total. The van der Waals surface area contributed by atoms with Gasteiger partial charge >= 0.3 is 6.03 Å². The maximum absolute atomic E-state index is 12.1. The molecule has 0 unspecified atom stereocenters. The Morgan fingerprint density at radius 2 is 1.93 bits per heavy atom. The van der Waals surface area contributed by atoms with Crippen molar-refractivity contribution in [2.24, 2.45) is 0 Å². The normalized spacial score (nSPS) is 16.9. The minimum absolute atomic E-state index is 0.00445. The first-order valence-electron chi connectivity index (χ1n) is 10.4. The summed E-state index contributed by atoms with van der Waals surface area (Å²) in [5.41, 5.74) is 1.59. The van der Waals surface area contributed by atoms with Gasteiger partial charge in [0.15, 0.2) is 5.65 Å². The molecule has 156 valence electrons. The maximum atomic E-state index is 12.1. The molecule has 0 bridgehead atoms. The van der Waals surface area contributed by atoms with E-state index in [9.17, 15) is 4.79 Å². The Kier molecular flexibility index (Phi) is 4.94. The van der Waals surface area contributed by atoms with Crippen LogP contribution in [0.25, 0.3) is 16.7 Å². The van der Waals surface area contributed by atoms with Crippen LogP contribution in [-0.4, -0.2) is 63.4 Å².